The summed E-state index contributed by atoms with van der Waals surface area (Å²) < 4.78 is 19.7. The van der Waals surface area contributed by atoms with Gasteiger partial charge in [0.15, 0.2) is 0 Å². The van der Waals surface area contributed by atoms with E-state index in [9.17, 15) is 4.39 Å². The van der Waals surface area contributed by atoms with Crippen LogP contribution in [-0.4, -0.2) is 0 Å². The summed E-state index contributed by atoms with van der Waals surface area (Å²) in [5.74, 6) is 0.875. The van der Waals surface area contributed by atoms with E-state index in [2.05, 4.69) is 33.4 Å². The molecule has 26 heavy (non-hydrogen) atoms. The van der Waals surface area contributed by atoms with Crippen LogP contribution in [0.15, 0.2) is 53.3 Å². The van der Waals surface area contributed by atoms with E-state index in [-0.39, 0.29) is 6.61 Å². The minimum atomic E-state index is -0.404. The van der Waals surface area contributed by atoms with Crippen LogP contribution in [0.3, 0.4) is 0 Å². The lowest BCUT2D eigenvalue weighted by molar-refractivity contribution is 0.203. The Balaban J connectivity index is 0.00000141. The van der Waals surface area contributed by atoms with Crippen LogP contribution in [0.5, 0.6) is 0 Å². The number of ether oxygens (including phenoxy) is 1. The lowest BCUT2D eigenvalue weighted by Crippen LogP contribution is -1.98. The van der Waals surface area contributed by atoms with E-state index >= 15 is 0 Å². The van der Waals surface area contributed by atoms with Gasteiger partial charge in [-0.25, -0.2) is 4.39 Å². The maximum atomic E-state index is 13.9. The van der Waals surface area contributed by atoms with Crippen molar-refractivity contribution in [1.82, 2.24) is 0 Å². The van der Waals surface area contributed by atoms with Crippen molar-refractivity contribution in [3.63, 3.8) is 0 Å². The first kappa shape index (κ1) is 23.9. The predicted octanol–water partition coefficient (Wildman–Crippen LogP) is 7.26. The molecule has 1 aromatic rings. The smallest absolute Gasteiger partial charge is 0.131 e. The molecule has 0 amide bonds. The number of benzene rings is 1. The topological polar surface area (TPSA) is 33.0 Å². The Morgan fingerprint density at radius 1 is 1.38 bits per heavy atom. The summed E-state index contributed by atoms with van der Waals surface area (Å²) in [6.45, 7) is 13.6. The predicted molar refractivity (Wildman–Crippen MR) is 108 cm³/mol. The Morgan fingerprint density at radius 2 is 2.00 bits per heavy atom. The van der Waals surface area contributed by atoms with Gasteiger partial charge in [-0.1, -0.05) is 57.5 Å². The highest BCUT2D eigenvalue weighted by Crippen LogP contribution is 2.18. The second-order valence-electron chi connectivity index (χ2n) is 6.13. The zero-order valence-corrected chi connectivity index (χ0v) is 17.2. The van der Waals surface area contributed by atoms with Gasteiger partial charge < -0.3 is 4.74 Å². The molecule has 0 spiro atoms. The van der Waals surface area contributed by atoms with Crippen molar-refractivity contribution in [2.24, 2.45) is 5.92 Å². The summed E-state index contributed by atoms with van der Waals surface area (Å²) in [7, 11) is 0. The molecule has 0 N–H and O–H groups in total. The molecule has 0 saturated heterocycles. The van der Waals surface area contributed by atoms with E-state index in [1.165, 1.54) is 6.07 Å². The van der Waals surface area contributed by atoms with Gasteiger partial charge in [0.05, 0.1) is 11.6 Å². The van der Waals surface area contributed by atoms with E-state index in [0.717, 1.165) is 24.2 Å². The second kappa shape index (κ2) is 13.2. The van der Waals surface area contributed by atoms with E-state index in [1.807, 2.05) is 19.1 Å². The summed E-state index contributed by atoms with van der Waals surface area (Å²) in [6.07, 6.45) is 6.05. The van der Waals surface area contributed by atoms with Crippen LogP contribution in [0.1, 0.15) is 58.6 Å². The molecule has 0 aliphatic carbocycles. The molecule has 1 atom stereocenters. The third kappa shape index (κ3) is 10.1. The molecule has 0 radical (unpaired) electrons. The van der Waals surface area contributed by atoms with Crippen molar-refractivity contribution in [2.45, 2.75) is 54.1 Å². The van der Waals surface area contributed by atoms with Crippen LogP contribution in [0.25, 0.3) is 0 Å². The average Bonchev–Trinajstić information content (AvgIpc) is 2.61. The number of nitrogens with zero attached hydrogens (tertiary/aromatic N) is 1. The lowest BCUT2D eigenvalue weighted by Gasteiger charge is -2.12. The maximum absolute atomic E-state index is 13.9. The monoisotopic (exact) mass is 377 g/mol. The summed E-state index contributed by atoms with van der Waals surface area (Å²) >= 11 is 5.08. The molecule has 0 bridgehead atoms. The zero-order valence-electron chi connectivity index (χ0n) is 16.4. The van der Waals surface area contributed by atoms with Crippen LogP contribution in [-0.2, 0) is 11.3 Å². The first-order chi connectivity index (χ1) is 12.2. The van der Waals surface area contributed by atoms with Crippen molar-refractivity contribution in [2.75, 3.05) is 0 Å². The minimum Gasteiger partial charge on any atom is -0.489 e. The first-order valence-corrected chi connectivity index (χ1v) is 9.13. The molecule has 2 nitrogen and oxygen atoms in total. The van der Waals surface area contributed by atoms with Gasteiger partial charge in [-0.05, 0) is 50.0 Å². The second-order valence-corrected chi connectivity index (χ2v) is 6.77. The van der Waals surface area contributed by atoms with Crippen LogP contribution in [0.4, 0.5) is 4.39 Å². The molecule has 0 aliphatic rings. The van der Waals surface area contributed by atoms with Crippen molar-refractivity contribution >= 4 is 11.6 Å². The third-order valence-electron chi connectivity index (χ3n) is 3.74. The van der Waals surface area contributed by atoms with Crippen LogP contribution in [0.2, 0.25) is 0 Å². The van der Waals surface area contributed by atoms with Gasteiger partial charge in [-0.3, -0.25) is 0 Å². The van der Waals surface area contributed by atoms with Gasteiger partial charge in [0.1, 0.15) is 18.2 Å². The fourth-order valence-corrected chi connectivity index (χ4v) is 1.76. The van der Waals surface area contributed by atoms with Crippen LogP contribution in [0, 0.1) is 23.1 Å². The van der Waals surface area contributed by atoms with Gasteiger partial charge in [0, 0.05) is 10.6 Å². The average molecular weight is 378 g/mol. The van der Waals surface area contributed by atoms with Gasteiger partial charge in [-0.2, -0.15) is 5.26 Å². The van der Waals surface area contributed by atoms with Crippen molar-refractivity contribution in [1.29, 1.82) is 5.26 Å². The van der Waals surface area contributed by atoms with Crippen molar-refractivity contribution in [3.05, 3.63) is 70.2 Å². The Kier molecular flexibility index (Phi) is 12.2. The highest BCUT2D eigenvalue weighted by Gasteiger charge is 2.06. The summed E-state index contributed by atoms with van der Waals surface area (Å²) in [6, 6.07) is 6.37. The zero-order chi connectivity index (χ0) is 20.1. The summed E-state index contributed by atoms with van der Waals surface area (Å²) in [5.41, 5.74) is 1.91. The maximum Gasteiger partial charge on any atom is 0.131 e. The standard InChI is InChI=1S/C19H24FNO.C3H5Cl/c1-5-14(3)7-10-19(15(4)6-2)22-13-17-9-8-16(12-21)11-18(17)20;1-3(2)4/h7-11,14H,5-6,13H2,1-4H3;1H2,2H3/b10-7-,19-15+;. The molecular weight excluding hydrogens is 349 g/mol. The fraction of sp³-hybridized carbons (Fsp3) is 0.409. The summed E-state index contributed by atoms with van der Waals surface area (Å²) in [4.78, 5) is 0. The third-order valence-corrected chi connectivity index (χ3v) is 3.74. The molecule has 0 saturated carbocycles. The molecule has 1 unspecified atom stereocenters. The molecule has 0 aliphatic heterocycles. The highest BCUT2D eigenvalue weighted by atomic mass is 35.5. The number of rotatable bonds is 7. The molecule has 1 rings (SSSR count). The van der Waals surface area contributed by atoms with Gasteiger partial charge in [-0.15, -0.1) is 0 Å². The Bertz CT molecular complexity index is 682. The molecule has 0 fully saturated rings. The van der Waals surface area contributed by atoms with E-state index in [4.69, 9.17) is 21.6 Å². The highest BCUT2D eigenvalue weighted by molar-refractivity contribution is 6.28. The van der Waals surface area contributed by atoms with Crippen molar-refractivity contribution < 1.29 is 9.13 Å². The lowest BCUT2D eigenvalue weighted by atomic mass is 10.1. The number of hydrogen-bond donors (Lipinski definition) is 0. The quantitative estimate of drug-likeness (QED) is 0.370. The molecule has 142 valence electrons. The number of nitriles is 1. The largest absolute Gasteiger partial charge is 0.489 e. The van der Waals surface area contributed by atoms with Gasteiger partial charge in [0.2, 0.25) is 0 Å². The summed E-state index contributed by atoms with van der Waals surface area (Å²) in [5, 5.41) is 9.40. The van der Waals surface area contributed by atoms with Crippen LogP contribution >= 0.6 is 11.6 Å². The minimum absolute atomic E-state index is 0.162. The molecule has 4 heteroatoms. The molecule has 1 aromatic carbocycles. The molecule has 0 aromatic heterocycles. The number of halogens is 2. The Morgan fingerprint density at radius 3 is 2.46 bits per heavy atom. The fourth-order valence-electron chi connectivity index (χ4n) is 1.76. The van der Waals surface area contributed by atoms with E-state index in [0.29, 0.717) is 22.1 Å². The Hall–Kier alpha value is -2.05. The van der Waals surface area contributed by atoms with Gasteiger partial charge in [0.25, 0.3) is 0 Å². The Labute approximate surface area is 162 Å². The van der Waals surface area contributed by atoms with E-state index < -0.39 is 5.82 Å². The number of allylic oxidation sites excluding steroid dienone is 4. The molecular formula is C22H29ClFNO. The van der Waals surface area contributed by atoms with Crippen molar-refractivity contribution in [3.8, 4) is 6.07 Å². The number of hydrogen-bond acceptors (Lipinski definition) is 2. The SMILES string of the molecule is C=C(C)Cl.CC/C(C)=C(\C=C/C(C)CC)OCc1ccc(C#N)cc1F. The van der Waals surface area contributed by atoms with Crippen LogP contribution < -0.4 is 0 Å². The normalized spacial score (nSPS) is 12.5. The first-order valence-electron chi connectivity index (χ1n) is 8.75. The van der Waals surface area contributed by atoms with Gasteiger partial charge >= 0.3 is 0 Å². The van der Waals surface area contributed by atoms with E-state index in [1.54, 1.807) is 19.1 Å². The molecule has 0 heterocycles.